The summed E-state index contributed by atoms with van der Waals surface area (Å²) in [6.07, 6.45) is 0. The van der Waals surface area contributed by atoms with Crippen molar-refractivity contribution < 1.29 is 0 Å². The molecule has 130 valence electrons. The molecule has 1 aliphatic heterocycles. The molecule has 0 saturated heterocycles. The molecule has 0 unspecified atom stereocenters. The Morgan fingerprint density at radius 3 is 1.15 bits per heavy atom. The molecule has 0 saturated carbocycles. The summed E-state index contributed by atoms with van der Waals surface area (Å²) >= 11 is 1.14. The Bertz CT molecular complexity index is 794. The van der Waals surface area contributed by atoms with Gasteiger partial charge in [-0.25, -0.2) is 0 Å². The maximum absolute atomic E-state index is 2.38. The van der Waals surface area contributed by atoms with Gasteiger partial charge >= 0.3 is 170 Å². The van der Waals surface area contributed by atoms with Gasteiger partial charge in [-0.3, -0.25) is 0 Å². The van der Waals surface area contributed by atoms with Gasteiger partial charge < -0.3 is 0 Å². The van der Waals surface area contributed by atoms with Gasteiger partial charge in [0.05, 0.1) is 0 Å². The minimum atomic E-state index is -1.66. The van der Waals surface area contributed by atoms with Gasteiger partial charge in [0.25, 0.3) is 0 Å². The molecule has 0 fully saturated rings. The number of hydrogen-bond donors (Lipinski definition) is 0. The van der Waals surface area contributed by atoms with E-state index in [1.165, 1.54) is 15.9 Å². The molecule has 0 N–H and O–H groups in total. The van der Waals surface area contributed by atoms with Gasteiger partial charge in [-0.2, -0.15) is 0 Å². The van der Waals surface area contributed by atoms with Crippen molar-refractivity contribution in [1.82, 2.24) is 0 Å². The second-order valence-corrected chi connectivity index (χ2v) is 18.5. The van der Waals surface area contributed by atoms with Crippen molar-refractivity contribution in [3.63, 3.8) is 0 Å². The Balaban J connectivity index is 2.01. The fourth-order valence-electron chi connectivity index (χ4n) is 3.45. The molecule has 0 aromatic heterocycles. The quantitative estimate of drug-likeness (QED) is 0.387. The van der Waals surface area contributed by atoms with E-state index in [9.17, 15) is 0 Å². The molecule has 0 nitrogen and oxygen atoms in total. The monoisotopic (exact) mass is 489 g/mol. The molecule has 1 heterocycles. The van der Waals surface area contributed by atoms with Crippen LogP contribution in [-0.2, 0) is 0 Å². The first kappa shape index (κ1) is 18.2. The first-order valence-electron chi connectivity index (χ1n) is 8.79. The summed E-state index contributed by atoms with van der Waals surface area (Å²) in [4.78, 5) is 0. The van der Waals surface area contributed by atoms with Crippen LogP contribution in [0.2, 0.25) is 0 Å². The van der Waals surface area contributed by atoms with Crippen LogP contribution in [0.5, 0.6) is 0 Å². The van der Waals surface area contributed by atoms with Crippen LogP contribution in [0.25, 0.3) is 0 Å². The predicted octanol–water partition coefficient (Wildman–Crippen LogP) is 3.94. The molecule has 4 rings (SSSR count). The van der Waals surface area contributed by atoms with E-state index in [1.54, 1.807) is 8.94 Å². The Labute approximate surface area is 169 Å². The van der Waals surface area contributed by atoms with Gasteiger partial charge in [-0.1, -0.05) is 0 Å². The zero-order valence-corrected chi connectivity index (χ0v) is 19.3. The van der Waals surface area contributed by atoms with Crippen LogP contribution in [0.4, 0.5) is 0 Å². The maximum atomic E-state index is 2.38. The zero-order valence-electron chi connectivity index (χ0n) is 15.0. The van der Waals surface area contributed by atoms with Crippen LogP contribution >= 0.6 is 7.26 Å². The first-order chi connectivity index (χ1) is 12.7. The number of allylic oxidation sites excluding steroid dienone is 2. The summed E-state index contributed by atoms with van der Waals surface area (Å²) in [6.45, 7) is 4.74. The fourth-order valence-corrected chi connectivity index (χ4v) is 22.3. The third-order valence-corrected chi connectivity index (χ3v) is 20.3. The second-order valence-electron chi connectivity index (χ2n) is 6.38. The number of benzene rings is 3. The molecule has 1 aliphatic rings. The molecule has 0 spiro atoms. The van der Waals surface area contributed by atoms with Crippen LogP contribution in [0.15, 0.2) is 99.9 Å². The summed E-state index contributed by atoms with van der Waals surface area (Å²) in [5.74, 6) is 0. The van der Waals surface area contributed by atoms with E-state index >= 15 is 0 Å². The van der Waals surface area contributed by atoms with E-state index in [2.05, 4.69) is 105 Å². The van der Waals surface area contributed by atoms with Gasteiger partial charge in [0.15, 0.2) is 0 Å². The SMILES string of the molecule is CC1=C(C)[Se]C([P+](c2ccccc2)(c2ccccc2)c2ccccc2)[Se]1. The summed E-state index contributed by atoms with van der Waals surface area (Å²) in [6, 6.07) is 34.0. The van der Waals surface area contributed by atoms with E-state index in [1.807, 2.05) is 0 Å². The van der Waals surface area contributed by atoms with Crippen LogP contribution < -0.4 is 15.9 Å². The van der Waals surface area contributed by atoms with Crippen molar-refractivity contribution in [2.75, 3.05) is 0 Å². The molecule has 0 radical (unpaired) electrons. The van der Waals surface area contributed by atoms with Crippen molar-refractivity contribution in [3.05, 3.63) is 99.9 Å². The Kier molecular flexibility index (Phi) is 5.51. The van der Waals surface area contributed by atoms with Crippen LogP contribution in [-0.4, -0.2) is 33.4 Å². The van der Waals surface area contributed by atoms with Crippen LogP contribution in [0, 0.1) is 0 Å². The summed E-state index contributed by atoms with van der Waals surface area (Å²) in [5.41, 5.74) is 0. The Morgan fingerprint density at radius 1 is 0.538 bits per heavy atom. The van der Waals surface area contributed by atoms with Gasteiger partial charge in [0, 0.05) is 0 Å². The standard InChI is InChI=1S/C23H22PSe2/c1-18-19(2)26-23(25-18)24(20-12-6-3-7-13-20,21-14-8-4-9-15-21)22-16-10-5-11-17-22/h3-17,23H,1-2H3/q+1. The van der Waals surface area contributed by atoms with Crippen molar-refractivity contribution in [2.24, 2.45) is 0 Å². The normalized spacial score (nSPS) is 15.5. The topological polar surface area (TPSA) is 0 Å². The second kappa shape index (κ2) is 7.85. The molecule has 3 heteroatoms. The third-order valence-electron chi connectivity index (χ3n) is 4.86. The Morgan fingerprint density at radius 2 is 0.846 bits per heavy atom. The van der Waals surface area contributed by atoms with Crippen LogP contribution in [0.1, 0.15) is 13.8 Å². The van der Waals surface area contributed by atoms with E-state index in [-0.39, 0.29) is 0 Å². The zero-order chi connectivity index (χ0) is 18.0. The molecule has 3 aromatic carbocycles. The number of rotatable bonds is 4. The van der Waals surface area contributed by atoms with Crippen molar-refractivity contribution >= 4 is 53.1 Å². The van der Waals surface area contributed by atoms with E-state index in [4.69, 9.17) is 0 Å². The number of hydrogen-bond acceptors (Lipinski definition) is 0. The summed E-state index contributed by atoms with van der Waals surface area (Å²) in [7, 11) is -1.66. The van der Waals surface area contributed by atoms with Crippen molar-refractivity contribution in [2.45, 2.75) is 17.3 Å². The molecule has 3 aromatic rings. The van der Waals surface area contributed by atoms with Crippen molar-refractivity contribution in [1.29, 1.82) is 0 Å². The average Bonchev–Trinajstić information content (AvgIpc) is 3.04. The summed E-state index contributed by atoms with van der Waals surface area (Å²) in [5, 5.41) is 4.61. The molecule has 0 amide bonds. The third kappa shape index (κ3) is 3.16. The molecule has 0 bridgehead atoms. The van der Waals surface area contributed by atoms with E-state index in [0.717, 1.165) is 3.46 Å². The van der Waals surface area contributed by atoms with E-state index in [0.29, 0.717) is 29.9 Å². The molecule has 0 atom stereocenters. The molecule has 26 heavy (non-hydrogen) atoms. The van der Waals surface area contributed by atoms with Gasteiger partial charge in [-0.05, 0) is 0 Å². The van der Waals surface area contributed by atoms with Gasteiger partial charge in [0.2, 0.25) is 0 Å². The predicted molar refractivity (Wildman–Crippen MR) is 119 cm³/mol. The van der Waals surface area contributed by atoms with Crippen LogP contribution in [0.3, 0.4) is 0 Å². The average molecular weight is 487 g/mol. The molecular formula is C23H22PSe2+. The summed E-state index contributed by atoms with van der Waals surface area (Å²) < 4.78 is 4.12. The first-order valence-corrected chi connectivity index (χ1v) is 14.3. The Hall–Kier alpha value is -1.13. The van der Waals surface area contributed by atoms with E-state index < -0.39 is 7.26 Å². The van der Waals surface area contributed by atoms with Gasteiger partial charge in [0.1, 0.15) is 0 Å². The van der Waals surface area contributed by atoms with Gasteiger partial charge in [-0.15, -0.1) is 0 Å². The minimum absolute atomic E-state index is 0.569. The fraction of sp³-hybridized carbons (Fsp3) is 0.130. The molecule has 0 aliphatic carbocycles. The molecular weight excluding hydrogens is 465 g/mol. The van der Waals surface area contributed by atoms with Crippen molar-refractivity contribution in [3.8, 4) is 0 Å².